The SMILES string of the molecule is COc1ccc(C)cc1C1(C#N)CC2(COC2)C1. The molecule has 0 unspecified atom stereocenters. The van der Waals surface area contributed by atoms with E-state index in [4.69, 9.17) is 9.47 Å². The first-order valence-electron chi connectivity index (χ1n) is 6.27. The second-order valence-electron chi connectivity index (χ2n) is 5.74. The summed E-state index contributed by atoms with van der Waals surface area (Å²) in [4.78, 5) is 0. The molecule has 0 atom stereocenters. The Morgan fingerprint density at radius 3 is 2.56 bits per heavy atom. The third-order valence-electron chi connectivity index (χ3n) is 4.25. The molecule has 3 heteroatoms. The van der Waals surface area contributed by atoms with Gasteiger partial charge in [-0.05, 0) is 25.8 Å². The van der Waals surface area contributed by atoms with Crippen molar-refractivity contribution in [2.45, 2.75) is 25.2 Å². The maximum atomic E-state index is 9.61. The highest BCUT2D eigenvalue weighted by atomic mass is 16.5. The second-order valence-corrected chi connectivity index (χ2v) is 5.74. The van der Waals surface area contributed by atoms with Gasteiger partial charge >= 0.3 is 0 Å². The van der Waals surface area contributed by atoms with Gasteiger partial charge in [0.25, 0.3) is 0 Å². The van der Waals surface area contributed by atoms with Crippen LogP contribution in [0.1, 0.15) is 24.0 Å². The summed E-state index contributed by atoms with van der Waals surface area (Å²) in [5, 5.41) is 9.61. The number of hydrogen-bond acceptors (Lipinski definition) is 3. The minimum atomic E-state index is -0.374. The third kappa shape index (κ3) is 1.46. The van der Waals surface area contributed by atoms with Crippen molar-refractivity contribution in [1.82, 2.24) is 0 Å². The van der Waals surface area contributed by atoms with Gasteiger partial charge in [0.1, 0.15) is 5.75 Å². The lowest BCUT2D eigenvalue weighted by atomic mass is 9.50. The van der Waals surface area contributed by atoms with Gasteiger partial charge in [0.2, 0.25) is 0 Å². The van der Waals surface area contributed by atoms with E-state index in [1.807, 2.05) is 12.1 Å². The van der Waals surface area contributed by atoms with E-state index >= 15 is 0 Å². The Morgan fingerprint density at radius 2 is 2.06 bits per heavy atom. The standard InChI is InChI=1S/C15H17NO2/c1-11-3-4-13(17-2)12(5-11)15(8-16)6-14(7-15)9-18-10-14/h3-5H,6-7,9-10H2,1-2H3. The van der Waals surface area contributed by atoms with Gasteiger partial charge in [-0.2, -0.15) is 5.26 Å². The molecular formula is C15H17NO2. The van der Waals surface area contributed by atoms with Crippen LogP contribution in [0.3, 0.4) is 0 Å². The molecular weight excluding hydrogens is 226 g/mol. The van der Waals surface area contributed by atoms with Crippen molar-refractivity contribution in [1.29, 1.82) is 5.26 Å². The lowest BCUT2D eigenvalue weighted by Gasteiger charge is -2.57. The van der Waals surface area contributed by atoms with Crippen molar-refractivity contribution in [3.8, 4) is 11.8 Å². The van der Waals surface area contributed by atoms with Crippen molar-refractivity contribution in [2.24, 2.45) is 5.41 Å². The Kier molecular flexibility index (Phi) is 2.39. The van der Waals surface area contributed by atoms with E-state index < -0.39 is 0 Å². The van der Waals surface area contributed by atoms with Crippen LogP contribution in [0.15, 0.2) is 18.2 Å². The molecule has 0 amide bonds. The van der Waals surface area contributed by atoms with Crippen LogP contribution in [0.25, 0.3) is 0 Å². The maximum absolute atomic E-state index is 9.61. The molecule has 1 aromatic rings. The topological polar surface area (TPSA) is 42.2 Å². The molecule has 1 aliphatic carbocycles. The van der Waals surface area contributed by atoms with Crippen molar-refractivity contribution in [2.75, 3.05) is 20.3 Å². The lowest BCUT2D eigenvalue weighted by Crippen LogP contribution is -2.59. The number of nitrogens with zero attached hydrogens (tertiary/aromatic N) is 1. The van der Waals surface area contributed by atoms with Crippen LogP contribution in [0.4, 0.5) is 0 Å². The molecule has 1 aliphatic heterocycles. The molecule has 94 valence electrons. The van der Waals surface area contributed by atoms with Crippen LogP contribution in [0.5, 0.6) is 5.75 Å². The number of ether oxygens (including phenoxy) is 2. The Labute approximate surface area is 107 Å². The molecule has 1 saturated carbocycles. The molecule has 0 bridgehead atoms. The maximum Gasteiger partial charge on any atom is 0.123 e. The summed E-state index contributed by atoms with van der Waals surface area (Å²) < 4.78 is 10.7. The molecule has 0 radical (unpaired) electrons. The quantitative estimate of drug-likeness (QED) is 0.801. The summed E-state index contributed by atoms with van der Waals surface area (Å²) in [5.74, 6) is 0.831. The fraction of sp³-hybridized carbons (Fsp3) is 0.533. The van der Waals surface area contributed by atoms with Crippen molar-refractivity contribution < 1.29 is 9.47 Å². The van der Waals surface area contributed by atoms with Gasteiger partial charge in [-0.3, -0.25) is 0 Å². The van der Waals surface area contributed by atoms with E-state index in [0.29, 0.717) is 0 Å². The molecule has 1 aromatic carbocycles. The zero-order valence-electron chi connectivity index (χ0n) is 10.8. The van der Waals surface area contributed by atoms with E-state index in [1.54, 1.807) is 7.11 Å². The Balaban J connectivity index is 1.98. The monoisotopic (exact) mass is 243 g/mol. The summed E-state index contributed by atoms with van der Waals surface area (Å²) >= 11 is 0. The number of nitriles is 1. The first kappa shape index (κ1) is 11.6. The zero-order valence-corrected chi connectivity index (χ0v) is 10.8. The summed E-state index contributed by atoms with van der Waals surface area (Å²) in [6, 6.07) is 8.60. The predicted octanol–water partition coefficient (Wildman–Crippen LogP) is 2.58. The zero-order chi connectivity index (χ0) is 12.8. The highest BCUT2D eigenvalue weighted by molar-refractivity contribution is 5.49. The molecule has 1 saturated heterocycles. The minimum Gasteiger partial charge on any atom is -0.496 e. The van der Waals surface area contributed by atoms with Crippen LogP contribution in [-0.4, -0.2) is 20.3 Å². The van der Waals surface area contributed by atoms with Crippen molar-refractivity contribution in [3.05, 3.63) is 29.3 Å². The van der Waals surface area contributed by atoms with Crippen LogP contribution in [0, 0.1) is 23.7 Å². The van der Waals surface area contributed by atoms with Gasteiger partial charge < -0.3 is 9.47 Å². The van der Waals surface area contributed by atoms with E-state index in [2.05, 4.69) is 19.1 Å². The highest BCUT2D eigenvalue weighted by Gasteiger charge is 2.60. The number of methoxy groups -OCH3 is 1. The fourth-order valence-electron chi connectivity index (χ4n) is 3.35. The molecule has 3 rings (SSSR count). The molecule has 0 aromatic heterocycles. The predicted molar refractivity (Wildman–Crippen MR) is 67.5 cm³/mol. The third-order valence-corrected chi connectivity index (χ3v) is 4.25. The van der Waals surface area contributed by atoms with Crippen LogP contribution in [-0.2, 0) is 10.2 Å². The largest absolute Gasteiger partial charge is 0.496 e. The minimum absolute atomic E-state index is 0.268. The molecule has 2 aliphatic rings. The first-order chi connectivity index (χ1) is 8.63. The molecule has 3 nitrogen and oxygen atoms in total. The Hall–Kier alpha value is -1.53. The van der Waals surface area contributed by atoms with Crippen LogP contribution >= 0.6 is 0 Å². The molecule has 2 fully saturated rings. The lowest BCUT2D eigenvalue weighted by molar-refractivity contribution is -0.178. The fourth-order valence-corrected chi connectivity index (χ4v) is 3.35. The van der Waals surface area contributed by atoms with Crippen LogP contribution in [0.2, 0.25) is 0 Å². The van der Waals surface area contributed by atoms with Gasteiger partial charge in [0, 0.05) is 11.0 Å². The molecule has 1 spiro atoms. The van der Waals surface area contributed by atoms with E-state index in [0.717, 1.165) is 37.4 Å². The number of rotatable bonds is 2. The van der Waals surface area contributed by atoms with E-state index in [9.17, 15) is 5.26 Å². The number of hydrogen-bond donors (Lipinski definition) is 0. The van der Waals surface area contributed by atoms with E-state index in [-0.39, 0.29) is 10.8 Å². The van der Waals surface area contributed by atoms with Gasteiger partial charge in [-0.15, -0.1) is 0 Å². The molecule has 0 N–H and O–H groups in total. The molecule has 1 heterocycles. The Bertz CT molecular complexity index is 518. The van der Waals surface area contributed by atoms with Gasteiger partial charge in [-0.1, -0.05) is 17.7 Å². The summed E-state index contributed by atoms with van der Waals surface area (Å²) in [5.41, 5.74) is 2.11. The van der Waals surface area contributed by atoms with Gasteiger partial charge in [0.05, 0.1) is 31.8 Å². The van der Waals surface area contributed by atoms with Crippen molar-refractivity contribution in [3.63, 3.8) is 0 Å². The number of aryl methyl sites for hydroxylation is 1. The summed E-state index contributed by atoms with van der Waals surface area (Å²) in [6.45, 7) is 3.67. The summed E-state index contributed by atoms with van der Waals surface area (Å²) in [6.07, 6.45) is 1.80. The van der Waals surface area contributed by atoms with Gasteiger partial charge in [-0.25, -0.2) is 0 Å². The smallest absolute Gasteiger partial charge is 0.123 e. The average molecular weight is 243 g/mol. The molecule has 18 heavy (non-hydrogen) atoms. The summed E-state index contributed by atoms with van der Waals surface area (Å²) in [7, 11) is 1.67. The van der Waals surface area contributed by atoms with Crippen molar-refractivity contribution >= 4 is 0 Å². The number of benzene rings is 1. The first-order valence-corrected chi connectivity index (χ1v) is 6.27. The second kappa shape index (κ2) is 3.73. The average Bonchev–Trinajstić information content (AvgIpc) is 2.27. The Morgan fingerprint density at radius 1 is 1.33 bits per heavy atom. The normalized spacial score (nSPS) is 22.7. The van der Waals surface area contributed by atoms with Crippen LogP contribution < -0.4 is 4.74 Å². The van der Waals surface area contributed by atoms with E-state index in [1.165, 1.54) is 5.56 Å². The van der Waals surface area contributed by atoms with Gasteiger partial charge in [0.15, 0.2) is 0 Å². The highest BCUT2D eigenvalue weighted by Crippen LogP contribution is 2.60.